The third-order valence-corrected chi connectivity index (χ3v) is 3.61. The molecule has 1 saturated heterocycles. The summed E-state index contributed by atoms with van der Waals surface area (Å²) in [4.78, 5) is 11.5. The van der Waals surface area contributed by atoms with E-state index in [1.54, 1.807) is 0 Å². The van der Waals surface area contributed by atoms with Gasteiger partial charge >= 0.3 is 0 Å². The molecule has 0 saturated carbocycles. The lowest BCUT2D eigenvalue weighted by Gasteiger charge is -2.27. The molecule has 1 aliphatic rings. The van der Waals surface area contributed by atoms with Crippen LogP contribution in [0.25, 0.3) is 0 Å². The molecule has 0 atom stereocenters. The van der Waals surface area contributed by atoms with Crippen LogP contribution in [-0.2, 0) is 0 Å². The number of hydrogen-bond acceptors (Lipinski definition) is 5. The highest BCUT2D eigenvalue weighted by Crippen LogP contribution is 2.14. The van der Waals surface area contributed by atoms with Gasteiger partial charge in [0.05, 0.1) is 0 Å². The molecule has 112 valence electrons. The van der Waals surface area contributed by atoms with Crippen molar-refractivity contribution >= 4 is 5.95 Å². The van der Waals surface area contributed by atoms with Crippen molar-refractivity contribution in [2.75, 3.05) is 44.6 Å². The quantitative estimate of drug-likeness (QED) is 0.774. The SMILES string of the molecule is Cc1cc(C(C)C)nc(NCCCN2CCNCC2)n1. The number of aromatic nitrogens is 2. The van der Waals surface area contributed by atoms with E-state index in [4.69, 9.17) is 0 Å². The van der Waals surface area contributed by atoms with Gasteiger partial charge in [-0.05, 0) is 31.9 Å². The predicted molar refractivity (Wildman–Crippen MR) is 83.3 cm³/mol. The average Bonchev–Trinajstić information content (AvgIpc) is 2.44. The van der Waals surface area contributed by atoms with Crippen LogP contribution in [0.15, 0.2) is 6.07 Å². The molecule has 0 aromatic carbocycles. The maximum atomic E-state index is 4.57. The molecule has 0 bridgehead atoms. The molecule has 20 heavy (non-hydrogen) atoms. The third-order valence-electron chi connectivity index (χ3n) is 3.61. The predicted octanol–water partition coefficient (Wildman–Crippen LogP) is 1.62. The highest BCUT2D eigenvalue weighted by atomic mass is 15.2. The smallest absolute Gasteiger partial charge is 0.223 e. The van der Waals surface area contributed by atoms with Crippen LogP contribution >= 0.6 is 0 Å². The van der Waals surface area contributed by atoms with Gasteiger partial charge in [-0.15, -0.1) is 0 Å². The Morgan fingerprint density at radius 1 is 1.30 bits per heavy atom. The van der Waals surface area contributed by atoms with Gasteiger partial charge in [0.15, 0.2) is 0 Å². The fourth-order valence-electron chi connectivity index (χ4n) is 2.41. The monoisotopic (exact) mass is 277 g/mol. The lowest BCUT2D eigenvalue weighted by molar-refractivity contribution is 0.240. The molecule has 1 aliphatic heterocycles. The molecular formula is C15H27N5. The maximum Gasteiger partial charge on any atom is 0.223 e. The molecule has 0 unspecified atom stereocenters. The van der Waals surface area contributed by atoms with E-state index in [0.717, 1.165) is 49.9 Å². The van der Waals surface area contributed by atoms with Crippen molar-refractivity contribution in [3.05, 3.63) is 17.5 Å². The molecule has 0 amide bonds. The highest BCUT2D eigenvalue weighted by molar-refractivity contribution is 5.28. The van der Waals surface area contributed by atoms with Crippen LogP contribution in [0.5, 0.6) is 0 Å². The van der Waals surface area contributed by atoms with Crippen LogP contribution in [0, 0.1) is 6.92 Å². The van der Waals surface area contributed by atoms with Gasteiger partial charge in [-0.3, -0.25) is 0 Å². The number of nitrogens with zero attached hydrogens (tertiary/aromatic N) is 3. The second-order valence-electron chi connectivity index (χ2n) is 5.78. The molecule has 0 spiro atoms. The zero-order valence-electron chi connectivity index (χ0n) is 12.9. The lowest BCUT2D eigenvalue weighted by Crippen LogP contribution is -2.44. The van der Waals surface area contributed by atoms with E-state index in [0.29, 0.717) is 5.92 Å². The normalized spacial score (nSPS) is 16.6. The van der Waals surface area contributed by atoms with E-state index in [1.807, 2.05) is 6.92 Å². The van der Waals surface area contributed by atoms with E-state index in [2.05, 4.69) is 45.4 Å². The van der Waals surface area contributed by atoms with Crippen LogP contribution in [-0.4, -0.2) is 54.1 Å². The summed E-state index contributed by atoms with van der Waals surface area (Å²) in [5.41, 5.74) is 2.15. The summed E-state index contributed by atoms with van der Waals surface area (Å²) in [5.74, 6) is 1.21. The van der Waals surface area contributed by atoms with Gasteiger partial charge in [0.2, 0.25) is 5.95 Å². The summed E-state index contributed by atoms with van der Waals surface area (Å²) >= 11 is 0. The zero-order chi connectivity index (χ0) is 14.4. The third kappa shape index (κ3) is 4.72. The molecule has 1 fully saturated rings. The van der Waals surface area contributed by atoms with Gasteiger partial charge in [0, 0.05) is 44.1 Å². The molecule has 5 nitrogen and oxygen atoms in total. The number of rotatable bonds is 6. The van der Waals surface area contributed by atoms with Gasteiger partial charge in [0.1, 0.15) is 0 Å². The van der Waals surface area contributed by atoms with Crippen molar-refractivity contribution in [1.82, 2.24) is 20.2 Å². The van der Waals surface area contributed by atoms with Crippen LogP contribution in [0.2, 0.25) is 0 Å². The first kappa shape index (κ1) is 15.2. The van der Waals surface area contributed by atoms with Crippen molar-refractivity contribution in [3.63, 3.8) is 0 Å². The first-order valence-corrected chi connectivity index (χ1v) is 7.67. The molecule has 5 heteroatoms. The molecule has 1 aromatic rings. The Hall–Kier alpha value is -1.20. The lowest BCUT2D eigenvalue weighted by atomic mass is 10.1. The fraction of sp³-hybridized carbons (Fsp3) is 0.733. The standard InChI is InChI=1S/C15H27N5/c1-12(2)14-11-13(3)18-15(19-14)17-5-4-8-20-9-6-16-7-10-20/h11-12,16H,4-10H2,1-3H3,(H,17,18,19). The molecule has 2 rings (SSSR count). The van der Waals surface area contributed by atoms with Gasteiger partial charge in [-0.25, -0.2) is 9.97 Å². The van der Waals surface area contributed by atoms with E-state index >= 15 is 0 Å². The van der Waals surface area contributed by atoms with Crippen molar-refractivity contribution in [1.29, 1.82) is 0 Å². The molecular weight excluding hydrogens is 250 g/mol. The summed E-state index contributed by atoms with van der Waals surface area (Å²) < 4.78 is 0. The first-order chi connectivity index (χ1) is 9.65. The number of aryl methyl sites for hydroxylation is 1. The van der Waals surface area contributed by atoms with E-state index in [9.17, 15) is 0 Å². The minimum absolute atomic E-state index is 0.443. The summed E-state index contributed by atoms with van der Waals surface area (Å²) in [5, 5.41) is 6.73. The first-order valence-electron chi connectivity index (χ1n) is 7.67. The average molecular weight is 277 g/mol. The van der Waals surface area contributed by atoms with Crippen LogP contribution in [0.1, 0.15) is 37.6 Å². The number of nitrogens with one attached hydrogen (secondary N) is 2. The molecule has 1 aromatic heterocycles. The highest BCUT2D eigenvalue weighted by Gasteiger charge is 2.09. The Bertz CT molecular complexity index is 413. The number of piperazine rings is 1. The Balaban J connectivity index is 1.75. The van der Waals surface area contributed by atoms with Crippen LogP contribution in [0.4, 0.5) is 5.95 Å². The molecule has 2 heterocycles. The number of anilines is 1. The summed E-state index contributed by atoms with van der Waals surface area (Å²) in [7, 11) is 0. The Labute approximate surface area is 122 Å². The largest absolute Gasteiger partial charge is 0.354 e. The molecule has 2 N–H and O–H groups in total. The Morgan fingerprint density at radius 2 is 2.05 bits per heavy atom. The number of hydrogen-bond donors (Lipinski definition) is 2. The van der Waals surface area contributed by atoms with E-state index < -0.39 is 0 Å². The van der Waals surface area contributed by atoms with Gasteiger partial charge in [0.25, 0.3) is 0 Å². The molecule has 0 aliphatic carbocycles. The van der Waals surface area contributed by atoms with Crippen molar-refractivity contribution < 1.29 is 0 Å². The Morgan fingerprint density at radius 3 is 2.75 bits per heavy atom. The topological polar surface area (TPSA) is 53.1 Å². The van der Waals surface area contributed by atoms with Gasteiger partial charge in [-0.1, -0.05) is 13.8 Å². The summed E-state index contributed by atoms with van der Waals surface area (Å²) in [6, 6.07) is 2.07. The maximum absolute atomic E-state index is 4.57. The van der Waals surface area contributed by atoms with Crippen molar-refractivity contribution in [2.24, 2.45) is 0 Å². The summed E-state index contributed by atoms with van der Waals surface area (Å²) in [6.45, 7) is 13.0. The zero-order valence-corrected chi connectivity index (χ0v) is 12.9. The summed E-state index contributed by atoms with van der Waals surface area (Å²) in [6.07, 6.45) is 1.13. The second-order valence-corrected chi connectivity index (χ2v) is 5.78. The van der Waals surface area contributed by atoms with Crippen LogP contribution < -0.4 is 10.6 Å². The van der Waals surface area contributed by atoms with E-state index in [1.165, 1.54) is 13.1 Å². The van der Waals surface area contributed by atoms with Crippen molar-refractivity contribution in [2.45, 2.75) is 33.1 Å². The Kier molecular flexibility index (Phi) is 5.73. The van der Waals surface area contributed by atoms with Crippen molar-refractivity contribution in [3.8, 4) is 0 Å². The minimum atomic E-state index is 0.443. The van der Waals surface area contributed by atoms with Gasteiger partial charge in [-0.2, -0.15) is 0 Å². The van der Waals surface area contributed by atoms with Crippen LogP contribution in [0.3, 0.4) is 0 Å². The minimum Gasteiger partial charge on any atom is -0.354 e. The molecule has 0 radical (unpaired) electrons. The second kappa shape index (κ2) is 7.55. The fourth-order valence-corrected chi connectivity index (χ4v) is 2.41. The van der Waals surface area contributed by atoms with Gasteiger partial charge < -0.3 is 15.5 Å². The van der Waals surface area contributed by atoms with E-state index in [-0.39, 0.29) is 0 Å².